The molecule has 1 aliphatic heterocycles. The smallest absolute Gasteiger partial charge is 0.225 e. The van der Waals surface area contributed by atoms with Gasteiger partial charge in [-0.05, 0) is 31.4 Å². The lowest BCUT2D eigenvalue weighted by Gasteiger charge is -2.25. The Morgan fingerprint density at radius 3 is 2.70 bits per heavy atom. The van der Waals surface area contributed by atoms with Gasteiger partial charge in [-0.1, -0.05) is 37.3 Å². The first-order chi connectivity index (χ1) is 11.2. The monoisotopic (exact) mass is 318 g/mol. The summed E-state index contributed by atoms with van der Waals surface area (Å²) >= 11 is 0. The van der Waals surface area contributed by atoms with Crippen molar-refractivity contribution in [2.24, 2.45) is 5.92 Å². The van der Waals surface area contributed by atoms with Crippen LogP contribution in [0.15, 0.2) is 30.3 Å². The van der Waals surface area contributed by atoms with Crippen molar-refractivity contribution in [3.05, 3.63) is 35.9 Å². The van der Waals surface area contributed by atoms with Gasteiger partial charge in [-0.3, -0.25) is 4.79 Å². The molecule has 0 aliphatic carbocycles. The summed E-state index contributed by atoms with van der Waals surface area (Å²) in [6.07, 6.45) is 2.96. The second kappa shape index (κ2) is 9.68. The van der Waals surface area contributed by atoms with E-state index >= 15 is 0 Å². The normalized spacial score (nSPS) is 17.7. The number of amides is 1. The number of hydrogen-bond acceptors (Lipinski definition) is 3. The average molecular weight is 318 g/mol. The summed E-state index contributed by atoms with van der Waals surface area (Å²) in [6, 6.07) is 10.3. The van der Waals surface area contributed by atoms with Crippen LogP contribution >= 0.6 is 0 Å². The first-order valence-corrected chi connectivity index (χ1v) is 8.74. The predicted molar refractivity (Wildman–Crippen MR) is 93.4 cm³/mol. The highest BCUT2D eigenvalue weighted by molar-refractivity contribution is 5.78. The fourth-order valence-corrected chi connectivity index (χ4v) is 3.21. The molecular formula is C19H30N2O2. The van der Waals surface area contributed by atoms with E-state index in [2.05, 4.69) is 28.9 Å². The number of carbonyl (C=O) groups excluding carboxylic acids is 1. The third-order valence-corrected chi connectivity index (χ3v) is 4.53. The zero-order valence-corrected chi connectivity index (χ0v) is 14.5. The van der Waals surface area contributed by atoms with Gasteiger partial charge in [-0.2, -0.15) is 0 Å². The van der Waals surface area contributed by atoms with Crippen molar-refractivity contribution in [3.8, 4) is 0 Å². The van der Waals surface area contributed by atoms with Gasteiger partial charge in [0.05, 0.1) is 0 Å². The fraction of sp³-hybridized carbons (Fsp3) is 0.632. The second-order valence-electron chi connectivity index (χ2n) is 6.46. The van der Waals surface area contributed by atoms with Gasteiger partial charge in [0.15, 0.2) is 0 Å². The Hall–Kier alpha value is -1.39. The number of hydrogen-bond donors (Lipinski definition) is 0. The second-order valence-corrected chi connectivity index (χ2v) is 6.46. The molecule has 1 atom stereocenters. The van der Waals surface area contributed by atoms with Crippen molar-refractivity contribution < 1.29 is 9.53 Å². The molecule has 1 fully saturated rings. The van der Waals surface area contributed by atoms with Crippen molar-refractivity contribution in [1.82, 2.24) is 9.80 Å². The topological polar surface area (TPSA) is 32.8 Å². The molecule has 0 radical (unpaired) electrons. The number of carbonyl (C=O) groups is 1. The average Bonchev–Trinajstić information content (AvgIpc) is 2.81. The van der Waals surface area contributed by atoms with E-state index in [4.69, 9.17) is 4.74 Å². The summed E-state index contributed by atoms with van der Waals surface area (Å²) in [6.45, 7) is 7.73. The summed E-state index contributed by atoms with van der Waals surface area (Å²) in [4.78, 5) is 17.2. The van der Waals surface area contributed by atoms with Gasteiger partial charge in [-0.25, -0.2) is 0 Å². The van der Waals surface area contributed by atoms with E-state index in [1.165, 1.54) is 5.56 Å². The van der Waals surface area contributed by atoms with E-state index in [9.17, 15) is 4.79 Å². The van der Waals surface area contributed by atoms with E-state index in [0.29, 0.717) is 5.91 Å². The molecule has 0 bridgehead atoms. The molecular weight excluding hydrogens is 288 g/mol. The maximum Gasteiger partial charge on any atom is 0.225 e. The molecule has 4 nitrogen and oxygen atoms in total. The van der Waals surface area contributed by atoms with E-state index in [-0.39, 0.29) is 5.92 Å². The highest BCUT2D eigenvalue weighted by Crippen LogP contribution is 2.13. The van der Waals surface area contributed by atoms with Crippen LogP contribution in [0.1, 0.15) is 25.3 Å². The molecule has 1 aliphatic rings. The van der Waals surface area contributed by atoms with E-state index < -0.39 is 0 Å². The van der Waals surface area contributed by atoms with Gasteiger partial charge >= 0.3 is 0 Å². The maximum absolute atomic E-state index is 12.7. The Balaban J connectivity index is 1.80. The molecule has 1 aromatic carbocycles. The van der Waals surface area contributed by atoms with Crippen LogP contribution in [-0.4, -0.2) is 62.1 Å². The Kier molecular flexibility index (Phi) is 7.56. The lowest BCUT2D eigenvalue weighted by atomic mass is 10.00. The summed E-state index contributed by atoms with van der Waals surface area (Å²) in [5.74, 6) is 0.352. The standard InChI is InChI=1S/C19H30N2O2/c1-17(16-18-8-4-3-5-9-18)19(22)21-12-6-10-20(13-14-21)11-7-15-23-2/h3-5,8-9,17H,6-7,10-16H2,1-2H3/t17-/m0/s1. The molecule has 1 amide bonds. The van der Waals surface area contributed by atoms with Crippen LogP contribution in [0, 0.1) is 5.92 Å². The van der Waals surface area contributed by atoms with E-state index in [0.717, 1.165) is 58.6 Å². The third kappa shape index (κ3) is 5.96. The summed E-state index contributed by atoms with van der Waals surface area (Å²) in [5.41, 5.74) is 1.24. The van der Waals surface area contributed by atoms with Crippen molar-refractivity contribution in [3.63, 3.8) is 0 Å². The lowest BCUT2D eigenvalue weighted by molar-refractivity contribution is -0.134. The molecule has 23 heavy (non-hydrogen) atoms. The molecule has 1 heterocycles. The molecule has 0 saturated carbocycles. The highest BCUT2D eigenvalue weighted by Gasteiger charge is 2.23. The van der Waals surface area contributed by atoms with Gasteiger partial charge in [0, 0.05) is 45.8 Å². The van der Waals surface area contributed by atoms with Crippen molar-refractivity contribution in [2.75, 3.05) is 46.4 Å². The highest BCUT2D eigenvalue weighted by atomic mass is 16.5. The molecule has 2 rings (SSSR count). The largest absolute Gasteiger partial charge is 0.385 e. The molecule has 0 N–H and O–H groups in total. The van der Waals surface area contributed by atoms with Crippen LogP contribution in [0.3, 0.4) is 0 Å². The quantitative estimate of drug-likeness (QED) is 0.724. The van der Waals surface area contributed by atoms with Crippen LogP contribution < -0.4 is 0 Å². The molecule has 1 aromatic rings. The van der Waals surface area contributed by atoms with Gasteiger partial charge in [0.1, 0.15) is 0 Å². The Morgan fingerprint density at radius 1 is 1.17 bits per heavy atom. The molecule has 0 spiro atoms. The minimum atomic E-state index is 0.0532. The first kappa shape index (κ1) is 18.0. The number of benzene rings is 1. The van der Waals surface area contributed by atoms with Crippen LogP contribution in [0.5, 0.6) is 0 Å². The van der Waals surface area contributed by atoms with E-state index in [1.807, 2.05) is 18.2 Å². The Bertz CT molecular complexity index is 464. The molecule has 4 heteroatoms. The number of nitrogens with zero attached hydrogens (tertiary/aromatic N) is 2. The van der Waals surface area contributed by atoms with Crippen molar-refractivity contribution in [1.29, 1.82) is 0 Å². The van der Waals surface area contributed by atoms with Crippen molar-refractivity contribution >= 4 is 5.91 Å². The van der Waals surface area contributed by atoms with Crippen LogP contribution in [0.25, 0.3) is 0 Å². The summed E-state index contributed by atoms with van der Waals surface area (Å²) < 4.78 is 5.12. The Labute approximate surface area is 140 Å². The first-order valence-electron chi connectivity index (χ1n) is 8.74. The third-order valence-electron chi connectivity index (χ3n) is 4.53. The lowest BCUT2D eigenvalue weighted by Crippen LogP contribution is -2.39. The number of rotatable bonds is 7. The van der Waals surface area contributed by atoms with Crippen LogP contribution in [-0.2, 0) is 16.0 Å². The SMILES string of the molecule is COCCCN1CCCN(C(=O)[C@@H](C)Cc2ccccc2)CC1. The fourth-order valence-electron chi connectivity index (χ4n) is 3.21. The minimum absolute atomic E-state index is 0.0532. The van der Waals surface area contributed by atoms with Crippen LogP contribution in [0.2, 0.25) is 0 Å². The Morgan fingerprint density at radius 2 is 1.96 bits per heavy atom. The minimum Gasteiger partial charge on any atom is -0.385 e. The van der Waals surface area contributed by atoms with Gasteiger partial charge in [0.25, 0.3) is 0 Å². The zero-order chi connectivity index (χ0) is 16.5. The van der Waals surface area contributed by atoms with Gasteiger partial charge in [-0.15, -0.1) is 0 Å². The van der Waals surface area contributed by atoms with Crippen molar-refractivity contribution in [2.45, 2.75) is 26.2 Å². The predicted octanol–water partition coefficient (Wildman–Crippen LogP) is 2.44. The summed E-state index contributed by atoms with van der Waals surface area (Å²) in [7, 11) is 1.75. The van der Waals surface area contributed by atoms with E-state index in [1.54, 1.807) is 7.11 Å². The maximum atomic E-state index is 12.7. The molecule has 0 unspecified atom stereocenters. The molecule has 0 aromatic heterocycles. The van der Waals surface area contributed by atoms with Gasteiger partial charge < -0.3 is 14.5 Å². The number of ether oxygens (including phenoxy) is 1. The number of methoxy groups -OCH3 is 1. The van der Waals surface area contributed by atoms with Gasteiger partial charge in [0.2, 0.25) is 5.91 Å². The zero-order valence-electron chi connectivity index (χ0n) is 14.5. The molecule has 1 saturated heterocycles. The summed E-state index contributed by atoms with van der Waals surface area (Å²) in [5, 5.41) is 0. The molecule has 128 valence electrons. The van der Waals surface area contributed by atoms with Crippen LogP contribution in [0.4, 0.5) is 0 Å².